The highest BCUT2D eigenvalue weighted by molar-refractivity contribution is 9.09. The monoisotopic (exact) mass is 289 g/mol. The first kappa shape index (κ1) is 13.0. The first-order valence-corrected chi connectivity index (χ1v) is 6.45. The van der Waals surface area contributed by atoms with Gasteiger partial charge in [-0.3, -0.25) is 0 Å². The molecule has 0 radical (unpaired) electrons. The predicted octanol–water partition coefficient (Wildman–Crippen LogP) is 3.95. The van der Waals surface area contributed by atoms with Crippen molar-refractivity contribution in [1.29, 1.82) is 0 Å². The molecule has 0 aliphatic rings. The maximum Gasteiger partial charge on any atom is 0.0451 e. The lowest BCUT2D eigenvalue weighted by Gasteiger charge is -2.18. The Morgan fingerprint density at radius 2 is 2.07 bits per heavy atom. The first-order valence-electron chi connectivity index (χ1n) is 5.15. The molecule has 0 aliphatic carbocycles. The second kappa shape index (κ2) is 6.51. The number of alkyl halides is 1. The Morgan fingerprint density at radius 3 is 2.67 bits per heavy atom. The highest BCUT2D eigenvalue weighted by Crippen LogP contribution is 2.16. The molecular weight excluding hydrogens is 273 g/mol. The van der Waals surface area contributed by atoms with E-state index in [1.165, 1.54) is 5.56 Å². The van der Waals surface area contributed by atoms with Crippen LogP contribution in [0.25, 0.3) is 0 Å². The van der Waals surface area contributed by atoms with E-state index in [2.05, 4.69) is 40.9 Å². The van der Waals surface area contributed by atoms with Gasteiger partial charge in [-0.2, -0.15) is 0 Å². The van der Waals surface area contributed by atoms with Crippen LogP contribution in [0.15, 0.2) is 24.3 Å². The van der Waals surface area contributed by atoms with Gasteiger partial charge < -0.3 is 4.90 Å². The third-order valence-corrected chi connectivity index (χ3v) is 3.13. The number of hydrogen-bond acceptors (Lipinski definition) is 1. The first-order chi connectivity index (χ1) is 7.09. The quantitative estimate of drug-likeness (QED) is 0.742. The summed E-state index contributed by atoms with van der Waals surface area (Å²) in [7, 11) is 2.12. The van der Waals surface area contributed by atoms with E-state index in [9.17, 15) is 0 Å². The van der Waals surface area contributed by atoms with Crippen molar-refractivity contribution in [2.45, 2.75) is 24.7 Å². The molecule has 0 saturated heterocycles. The van der Waals surface area contributed by atoms with Crippen LogP contribution in [-0.4, -0.2) is 23.3 Å². The third-order valence-electron chi connectivity index (χ3n) is 2.31. The molecule has 1 atom stereocenters. The molecule has 0 bridgehead atoms. The van der Waals surface area contributed by atoms with Crippen molar-refractivity contribution < 1.29 is 0 Å². The summed E-state index contributed by atoms with van der Waals surface area (Å²) in [5.74, 6) is 0. The largest absolute Gasteiger partial charge is 0.302 e. The van der Waals surface area contributed by atoms with Gasteiger partial charge in [0.15, 0.2) is 0 Å². The molecule has 3 heteroatoms. The summed E-state index contributed by atoms with van der Waals surface area (Å²) in [5, 5.41) is 0.858. The van der Waals surface area contributed by atoms with Gasteiger partial charge in [-0.25, -0.2) is 0 Å². The zero-order valence-electron chi connectivity index (χ0n) is 9.21. The normalized spacial score (nSPS) is 13.1. The molecule has 1 aromatic carbocycles. The van der Waals surface area contributed by atoms with Crippen LogP contribution in [0, 0.1) is 0 Å². The number of rotatable bonds is 5. The lowest BCUT2D eigenvalue weighted by Crippen LogP contribution is -2.20. The van der Waals surface area contributed by atoms with Gasteiger partial charge in [-0.05, 0) is 31.6 Å². The summed E-state index contributed by atoms with van der Waals surface area (Å²) in [6.07, 6.45) is 1.15. The van der Waals surface area contributed by atoms with Gasteiger partial charge in [0.1, 0.15) is 0 Å². The van der Waals surface area contributed by atoms with Gasteiger partial charge in [-0.15, -0.1) is 0 Å². The molecule has 0 spiro atoms. The molecule has 0 aliphatic heterocycles. The molecule has 0 fully saturated rings. The molecule has 1 aromatic rings. The Kier molecular flexibility index (Phi) is 5.65. The van der Waals surface area contributed by atoms with Crippen LogP contribution < -0.4 is 0 Å². The molecule has 0 heterocycles. The zero-order valence-corrected chi connectivity index (χ0v) is 11.6. The highest BCUT2D eigenvalue weighted by atomic mass is 79.9. The van der Waals surface area contributed by atoms with Crippen molar-refractivity contribution in [2.75, 3.05) is 13.6 Å². The van der Waals surface area contributed by atoms with Crippen LogP contribution >= 0.6 is 27.5 Å². The lowest BCUT2D eigenvalue weighted by molar-refractivity contribution is 0.323. The molecular formula is C12H17BrClN. The van der Waals surface area contributed by atoms with E-state index in [4.69, 9.17) is 11.6 Å². The topological polar surface area (TPSA) is 3.24 Å². The minimum Gasteiger partial charge on any atom is -0.302 e. The Labute approximate surface area is 106 Å². The van der Waals surface area contributed by atoms with Crippen LogP contribution in [-0.2, 0) is 6.54 Å². The SMILES string of the molecule is CC(Br)CCN(C)Cc1ccccc1Cl. The van der Waals surface area contributed by atoms with Crippen LogP contribution in [0.5, 0.6) is 0 Å². The van der Waals surface area contributed by atoms with Crippen LogP contribution in [0.3, 0.4) is 0 Å². The summed E-state index contributed by atoms with van der Waals surface area (Å²) in [6.45, 7) is 4.17. The van der Waals surface area contributed by atoms with Gasteiger partial charge >= 0.3 is 0 Å². The van der Waals surface area contributed by atoms with Crippen LogP contribution in [0.1, 0.15) is 18.9 Å². The second-order valence-corrected chi connectivity index (χ2v) is 5.87. The van der Waals surface area contributed by atoms with Crippen molar-refractivity contribution >= 4 is 27.5 Å². The Hall–Kier alpha value is -0.0500. The average molecular weight is 291 g/mol. The number of halogens is 2. The lowest BCUT2D eigenvalue weighted by atomic mass is 10.2. The van der Waals surface area contributed by atoms with Gasteiger partial charge in [0.25, 0.3) is 0 Å². The van der Waals surface area contributed by atoms with Crippen LogP contribution in [0.2, 0.25) is 5.02 Å². The smallest absolute Gasteiger partial charge is 0.0451 e. The van der Waals surface area contributed by atoms with Crippen molar-refractivity contribution in [3.05, 3.63) is 34.9 Å². The van der Waals surface area contributed by atoms with E-state index < -0.39 is 0 Å². The molecule has 0 saturated carbocycles. The van der Waals surface area contributed by atoms with E-state index in [0.29, 0.717) is 4.83 Å². The number of benzene rings is 1. The molecule has 1 nitrogen and oxygen atoms in total. The molecule has 1 rings (SSSR count). The minimum absolute atomic E-state index is 0.575. The van der Waals surface area contributed by atoms with Crippen molar-refractivity contribution in [3.8, 4) is 0 Å². The zero-order chi connectivity index (χ0) is 11.3. The molecule has 0 amide bonds. The average Bonchev–Trinajstić information content (AvgIpc) is 2.18. The maximum atomic E-state index is 6.10. The fourth-order valence-electron chi connectivity index (χ4n) is 1.39. The molecule has 0 N–H and O–H groups in total. The van der Waals surface area contributed by atoms with E-state index in [0.717, 1.165) is 24.5 Å². The fraction of sp³-hybridized carbons (Fsp3) is 0.500. The van der Waals surface area contributed by atoms with Gasteiger partial charge in [0.05, 0.1) is 0 Å². The molecule has 84 valence electrons. The molecule has 15 heavy (non-hydrogen) atoms. The Bertz CT molecular complexity index is 301. The standard InChI is InChI=1S/C12H17BrClN/c1-10(13)7-8-15(2)9-11-5-3-4-6-12(11)14/h3-6,10H,7-9H2,1-2H3. The maximum absolute atomic E-state index is 6.10. The van der Waals surface area contributed by atoms with Crippen LogP contribution in [0.4, 0.5) is 0 Å². The Balaban J connectivity index is 2.44. The molecule has 1 unspecified atom stereocenters. The minimum atomic E-state index is 0.575. The second-order valence-electron chi connectivity index (χ2n) is 3.90. The van der Waals surface area contributed by atoms with Gasteiger partial charge in [0.2, 0.25) is 0 Å². The van der Waals surface area contributed by atoms with E-state index in [1.807, 2.05) is 18.2 Å². The summed E-state index contributed by atoms with van der Waals surface area (Å²) in [5.41, 5.74) is 1.20. The van der Waals surface area contributed by atoms with Gasteiger partial charge in [-0.1, -0.05) is 52.7 Å². The third kappa shape index (κ3) is 5.01. The van der Waals surface area contributed by atoms with E-state index >= 15 is 0 Å². The van der Waals surface area contributed by atoms with E-state index in [1.54, 1.807) is 0 Å². The summed E-state index contributed by atoms with van der Waals surface area (Å²) >= 11 is 9.65. The summed E-state index contributed by atoms with van der Waals surface area (Å²) in [6, 6.07) is 8.02. The highest BCUT2D eigenvalue weighted by Gasteiger charge is 2.04. The predicted molar refractivity (Wildman–Crippen MR) is 70.8 cm³/mol. The summed E-state index contributed by atoms with van der Waals surface area (Å²) < 4.78 is 0. The number of nitrogens with zero attached hydrogens (tertiary/aromatic N) is 1. The number of hydrogen-bond donors (Lipinski definition) is 0. The fourth-order valence-corrected chi connectivity index (χ4v) is 1.80. The van der Waals surface area contributed by atoms with E-state index in [-0.39, 0.29) is 0 Å². The van der Waals surface area contributed by atoms with Gasteiger partial charge in [0, 0.05) is 16.4 Å². The van der Waals surface area contributed by atoms with Crippen molar-refractivity contribution in [3.63, 3.8) is 0 Å². The van der Waals surface area contributed by atoms with Crippen molar-refractivity contribution in [1.82, 2.24) is 4.90 Å². The Morgan fingerprint density at radius 1 is 1.40 bits per heavy atom. The van der Waals surface area contributed by atoms with Crippen molar-refractivity contribution in [2.24, 2.45) is 0 Å². The molecule has 0 aromatic heterocycles. The summed E-state index contributed by atoms with van der Waals surface area (Å²) in [4.78, 5) is 2.87.